The van der Waals surface area contributed by atoms with Crippen molar-refractivity contribution in [1.82, 2.24) is 5.32 Å². The number of hydrogen-bond donors (Lipinski definition) is 1. The van der Waals surface area contributed by atoms with E-state index in [1.165, 1.54) is 0 Å². The van der Waals surface area contributed by atoms with E-state index in [4.69, 9.17) is 0 Å². The van der Waals surface area contributed by atoms with Crippen molar-refractivity contribution in [2.45, 2.75) is 33.3 Å². The van der Waals surface area contributed by atoms with Gasteiger partial charge in [-0.25, -0.2) is 4.79 Å². The van der Waals surface area contributed by atoms with Crippen LogP contribution >= 0.6 is 0 Å². The van der Waals surface area contributed by atoms with Crippen molar-refractivity contribution in [3.8, 4) is 0 Å². The molecule has 0 heterocycles. The Hall–Kier alpha value is -1.06. The van der Waals surface area contributed by atoms with E-state index in [9.17, 15) is 9.59 Å². The molecule has 0 aliphatic rings. The molecule has 0 atom stereocenters. The van der Waals surface area contributed by atoms with Crippen LogP contribution in [-0.4, -0.2) is 24.5 Å². The minimum absolute atomic E-state index is 0.245. The Bertz CT molecular complexity index is 166. The highest BCUT2D eigenvalue weighted by Crippen LogP contribution is 1.88. The molecule has 0 saturated carbocycles. The molecular weight excluding hydrogens is 158 g/mol. The molecule has 0 fully saturated rings. The largest absolute Gasteiger partial charge is 0.456 e. The van der Waals surface area contributed by atoms with Gasteiger partial charge in [-0.2, -0.15) is 0 Å². The van der Waals surface area contributed by atoms with Gasteiger partial charge in [0.05, 0.1) is 6.10 Å². The van der Waals surface area contributed by atoms with Crippen molar-refractivity contribution in [2.75, 3.05) is 6.54 Å². The lowest BCUT2D eigenvalue weighted by Crippen LogP contribution is -2.34. The van der Waals surface area contributed by atoms with Crippen LogP contribution in [0.1, 0.15) is 27.2 Å². The lowest BCUT2D eigenvalue weighted by molar-refractivity contribution is -0.157. The maximum atomic E-state index is 10.9. The molecule has 4 nitrogen and oxygen atoms in total. The Morgan fingerprint density at radius 2 is 2.00 bits per heavy atom. The van der Waals surface area contributed by atoms with Crippen molar-refractivity contribution in [3.63, 3.8) is 0 Å². The second-order valence-corrected chi connectivity index (χ2v) is 2.71. The second-order valence-electron chi connectivity index (χ2n) is 2.71. The number of carbonyl (C=O) groups excluding carboxylic acids is 2. The summed E-state index contributed by atoms with van der Waals surface area (Å²) in [7, 11) is 0. The Labute approximate surface area is 72.3 Å². The van der Waals surface area contributed by atoms with E-state index >= 15 is 0 Å². The third kappa shape index (κ3) is 4.71. The van der Waals surface area contributed by atoms with Gasteiger partial charge in [0.2, 0.25) is 0 Å². The molecule has 4 heteroatoms. The van der Waals surface area contributed by atoms with Gasteiger partial charge in [0.25, 0.3) is 0 Å². The van der Waals surface area contributed by atoms with Gasteiger partial charge in [0, 0.05) is 6.54 Å². The normalized spacial score (nSPS) is 9.67. The summed E-state index contributed by atoms with van der Waals surface area (Å²) in [4.78, 5) is 21.7. The highest BCUT2D eigenvalue weighted by molar-refractivity contribution is 6.32. The van der Waals surface area contributed by atoms with Crippen LogP contribution in [0, 0.1) is 0 Å². The standard InChI is InChI=1S/C8H15NO3/c1-4-5-9-7(10)8(11)12-6(2)3/h6H,4-5H2,1-3H3,(H,9,10). The monoisotopic (exact) mass is 173 g/mol. The molecule has 0 bridgehead atoms. The highest BCUT2D eigenvalue weighted by atomic mass is 16.5. The van der Waals surface area contributed by atoms with E-state index in [2.05, 4.69) is 10.1 Å². The summed E-state index contributed by atoms with van der Waals surface area (Å²) in [5.41, 5.74) is 0. The van der Waals surface area contributed by atoms with Gasteiger partial charge in [0.1, 0.15) is 0 Å². The van der Waals surface area contributed by atoms with Crippen LogP contribution < -0.4 is 5.32 Å². The maximum Gasteiger partial charge on any atom is 0.397 e. The molecule has 70 valence electrons. The fraction of sp³-hybridized carbons (Fsp3) is 0.750. The number of ether oxygens (including phenoxy) is 1. The van der Waals surface area contributed by atoms with E-state index < -0.39 is 11.9 Å². The van der Waals surface area contributed by atoms with Crippen LogP contribution in [0.3, 0.4) is 0 Å². The van der Waals surface area contributed by atoms with Gasteiger partial charge in [-0.15, -0.1) is 0 Å². The zero-order chi connectivity index (χ0) is 9.56. The fourth-order valence-corrected chi connectivity index (χ4v) is 0.578. The molecule has 0 radical (unpaired) electrons. The van der Waals surface area contributed by atoms with Crippen molar-refractivity contribution < 1.29 is 14.3 Å². The quantitative estimate of drug-likeness (QED) is 0.498. The van der Waals surface area contributed by atoms with Gasteiger partial charge >= 0.3 is 11.9 Å². The number of nitrogens with one attached hydrogen (secondary N) is 1. The van der Waals surface area contributed by atoms with Crippen LogP contribution in [0.4, 0.5) is 0 Å². The first kappa shape index (κ1) is 10.9. The summed E-state index contributed by atoms with van der Waals surface area (Å²) >= 11 is 0. The summed E-state index contributed by atoms with van der Waals surface area (Å²) in [5, 5.41) is 2.42. The average Bonchev–Trinajstić information content (AvgIpc) is 1.98. The molecular formula is C8H15NO3. The first-order valence-corrected chi connectivity index (χ1v) is 4.06. The van der Waals surface area contributed by atoms with Crippen molar-refractivity contribution in [2.24, 2.45) is 0 Å². The van der Waals surface area contributed by atoms with Crippen LogP contribution in [0.25, 0.3) is 0 Å². The van der Waals surface area contributed by atoms with E-state index in [-0.39, 0.29) is 6.10 Å². The summed E-state index contributed by atoms with van der Waals surface area (Å²) in [6.45, 7) is 5.82. The van der Waals surface area contributed by atoms with E-state index in [0.29, 0.717) is 6.54 Å². The molecule has 0 aliphatic heterocycles. The number of esters is 1. The third-order valence-electron chi connectivity index (χ3n) is 1.06. The second kappa shape index (κ2) is 5.57. The smallest absolute Gasteiger partial charge is 0.397 e. The summed E-state index contributed by atoms with van der Waals surface area (Å²) in [6.07, 6.45) is 0.561. The topological polar surface area (TPSA) is 55.4 Å². The third-order valence-corrected chi connectivity index (χ3v) is 1.06. The molecule has 0 aromatic carbocycles. The minimum Gasteiger partial charge on any atom is -0.456 e. The van der Waals surface area contributed by atoms with Gasteiger partial charge in [0.15, 0.2) is 0 Å². The zero-order valence-corrected chi connectivity index (χ0v) is 7.72. The highest BCUT2D eigenvalue weighted by Gasteiger charge is 2.14. The van der Waals surface area contributed by atoms with Gasteiger partial charge in [-0.1, -0.05) is 6.92 Å². The van der Waals surface area contributed by atoms with Crippen molar-refractivity contribution in [3.05, 3.63) is 0 Å². The molecule has 0 rings (SSSR count). The molecule has 1 amide bonds. The molecule has 0 aromatic heterocycles. The number of rotatable bonds is 3. The predicted octanol–water partition coefficient (Wildman–Crippen LogP) is 0.464. The van der Waals surface area contributed by atoms with Crippen molar-refractivity contribution >= 4 is 11.9 Å². The molecule has 12 heavy (non-hydrogen) atoms. The molecule has 0 unspecified atom stereocenters. The Kier molecular flexibility index (Phi) is 5.08. The van der Waals surface area contributed by atoms with Gasteiger partial charge < -0.3 is 10.1 Å². The lowest BCUT2D eigenvalue weighted by Gasteiger charge is -2.06. The molecule has 0 aliphatic carbocycles. The van der Waals surface area contributed by atoms with Gasteiger partial charge in [-0.3, -0.25) is 4.79 Å². The minimum atomic E-state index is -0.807. The zero-order valence-electron chi connectivity index (χ0n) is 7.72. The summed E-state index contributed by atoms with van der Waals surface area (Å²) < 4.78 is 4.66. The molecule has 0 spiro atoms. The van der Waals surface area contributed by atoms with E-state index in [0.717, 1.165) is 6.42 Å². The summed E-state index contributed by atoms with van der Waals surface area (Å²) in [5.74, 6) is -1.47. The summed E-state index contributed by atoms with van der Waals surface area (Å²) in [6, 6.07) is 0. The number of amides is 1. The fourth-order valence-electron chi connectivity index (χ4n) is 0.578. The molecule has 1 N–H and O–H groups in total. The van der Waals surface area contributed by atoms with E-state index in [1.807, 2.05) is 6.92 Å². The first-order chi connectivity index (χ1) is 5.57. The van der Waals surface area contributed by atoms with Crippen LogP contribution in [-0.2, 0) is 14.3 Å². The molecule has 0 saturated heterocycles. The molecule has 0 aromatic rings. The Balaban J connectivity index is 3.70. The maximum absolute atomic E-state index is 10.9. The Morgan fingerprint density at radius 1 is 1.42 bits per heavy atom. The lowest BCUT2D eigenvalue weighted by atomic mass is 10.4. The predicted molar refractivity (Wildman–Crippen MR) is 44.5 cm³/mol. The van der Waals surface area contributed by atoms with E-state index in [1.54, 1.807) is 13.8 Å². The first-order valence-electron chi connectivity index (χ1n) is 4.06. The van der Waals surface area contributed by atoms with Crippen LogP contribution in [0.2, 0.25) is 0 Å². The average molecular weight is 173 g/mol. The van der Waals surface area contributed by atoms with Crippen molar-refractivity contribution in [1.29, 1.82) is 0 Å². The van der Waals surface area contributed by atoms with Gasteiger partial charge in [-0.05, 0) is 20.3 Å². The SMILES string of the molecule is CCCNC(=O)C(=O)OC(C)C. The van der Waals surface area contributed by atoms with Crippen LogP contribution in [0.15, 0.2) is 0 Å². The Morgan fingerprint density at radius 3 is 2.42 bits per heavy atom. The van der Waals surface area contributed by atoms with Crippen LogP contribution in [0.5, 0.6) is 0 Å². The number of hydrogen-bond acceptors (Lipinski definition) is 3. The number of carbonyl (C=O) groups is 2.